The lowest BCUT2D eigenvalue weighted by Gasteiger charge is -2.18. The molecule has 5 N–H and O–H groups in total. The van der Waals surface area contributed by atoms with E-state index in [2.05, 4.69) is 10.4 Å². The van der Waals surface area contributed by atoms with Crippen LogP contribution in [-0.2, 0) is 0 Å². The standard InChI is InChI=1S/C9H13F3N4/c10-9(11,12)4-3-7(16-14)6-2-1-5-15-8(6)13/h1-2,5,7,16H,3-4,14H2,(H2,13,15). The third-order valence-electron chi connectivity index (χ3n) is 2.16. The van der Waals surface area contributed by atoms with E-state index in [1.165, 1.54) is 6.20 Å². The van der Waals surface area contributed by atoms with Gasteiger partial charge in [-0.25, -0.2) is 4.98 Å². The maximum atomic E-state index is 12.1. The summed E-state index contributed by atoms with van der Waals surface area (Å²) in [5.74, 6) is 5.39. The number of hydrogen-bond acceptors (Lipinski definition) is 4. The van der Waals surface area contributed by atoms with Gasteiger partial charge in [0.15, 0.2) is 0 Å². The van der Waals surface area contributed by atoms with Crippen molar-refractivity contribution in [3.05, 3.63) is 23.9 Å². The van der Waals surface area contributed by atoms with Gasteiger partial charge in [0.05, 0.1) is 0 Å². The number of nitrogens with one attached hydrogen (secondary N) is 1. The molecular weight excluding hydrogens is 221 g/mol. The zero-order valence-electron chi connectivity index (χ0n) is 8.46. The third-order valence-corrected chi connectivity index (χ3v) is 2.16. The summed E-state index contributed by atoms with van der Waals surface area (Å²) < 4.78 is 36.2. The van der Waals surface area contributed by atoms with Gasteiger partial charge in [-0.3, -0.25) is 11.3 Å². The molecule has 0 saturated heterocycles. The van der Waals surface area contributed by atoms with Crippen LogP contribution >= 0.6 is 0 Å². The Labute approximate surface area is 90.8 Å². The summed E-state index contributed by atoms with van der Waals surface area (Å²) in [6, 6.07) is 2.56. The molecule has 1 aromatic rings. The number of nitrogens with two attached hydrogens (primary N) is 2. The van der Waals surface area contributed by atoms with Gasteiger partial charge in [0.25, 0.3) is 0 Å². The van der Waals surface area contributed by atoms with E-state index in [1.54, 1.807) is 12.1 Å². The fourth-order valence-electron chi connectivity index (χ4n) is 1.36. The minimum absolute atomic E-state index is 0.171. The van der Waals surface area contributed by atoms with E-state index < -0.39 is 18.6 Å². The lowest BCUT2D eigenvalue weighted by molar-refractivity contribution is -0.136. The van der Waals surface area contributed by atoms with Crippen molar-refractivity contribution in [3.63, 3.8) is 0 Å². The van der Waals surface area contributed by atoms with Gasteiger partial charge in [-0.15, -0.1) is 0 Å². The average Bonchev–Trinajstić information content (AvgIpc) is 2.20. The second kappa shape index (κ2) is 5.13. The van der Waals surface area contributed by atoms with Crippen molar-refractivity contribution in [3.8, 4) is 0 Å². The van der Waals surface area contributed by atoms with Crippen molar-refractivity contribution >= 4 is 5.82 Å². The summed E-state index contributed by atoms with van der Waals surface area (Å²) in [4.78, 5) is 3.79. The molecule has 0 aliphatic heterocycles. The molecule has 16 heavy (non-hydrogen) atoms. The first kappa shape index (κ1) is 12.7. The fraction of sp³-hybridized carbons (Fsp3) is 0.444. The molecule has 0 aliphatic carbocycles. The molecule has 0 saturated carbocycles. The summed E-state index contributed by atoms with van der Waals surface area (Å²) in [5, 5.41) is 0. The van der Waals surface area contributed by atoms with E-state index in [0.717, 1.165) is 0 Å². The Hall–Kier alpha value is -1.34. The smallest absolute Gasteiger partial charge is 0.383 e. The zero-order chi connectivity index (χ0) is 12.2. The highest BCUT2D eigenvalue weighted by Gasteiger charge is 2.28. The third kappa shape index (κ3) is 3.67. The van der Waals surface area contributed by atoms with Gasteiger partial charge in [0, 0.05) is 24.2 Å². The van der Waals surface area contributed by atoms with Crippen LogP contribution in [0.25, 0.3) is 0 Å². The predicted octanol–water partition coefficient (Wildman–Crippen LogP) is 1.51. The Kier molecular flexibility index (Phi) is 4.08. The summed E-state index contributed by atoms with van der Waals surface area (Å²) in [5.41, 5.74) is 8.34. The van der Waals surface area contributed by atoms with E-state index in [-0.39, 0.29) is 12.2 Å². The van der Waals surface area contributed by atoms with E-state index >= 15 is 0 Å². The van der Waals surface area contributed by atoms with E-state index in [0.29, 0.717) is 5.56 Å². The number of pyridine rings is 1. The van der Waals surface area contributed by atoms with Crippen molar-refractivity contribution in [1.82, 2.24) is 10.4 Å². The summed E-state index contributed by atoms with van der Waals surface area (Å²) in [6.45, 7) is 0. The highest BCUT2D eigenvalue weighted by Crippen LogP contribution is 2.28. The quantitative estimate of drug-likeness (QED) is 0.545. The molecule has 1 heterocycles. The first-order chi connectivity index (χ1) is 7.44. The van der Waals surface area contributed by atoms with E-state index in [9.17, 15) is 13.2 Å². The number of halogens is 3. The zero-order valence-corrected chi connectivity index (χ0v) is 8.46. The Bertz CT molecular complexity index is 340. The van der Waals surface area contributed by atoms with Gasteiger partial charge in [-0.1, -0.05) is 6.07 Å². The van der Waals surface area contributed by atoms with Crippen molar-refractivity contribution < 1.29 is 13.2 Å². The van der Waals surface area contributed by atoms with Crippen LogP contribution in [0.5, 0.6) is 0 Å². The first-order valence-electron chi connectivity index (χ1n) is 4.67. The number of nitrogens with zero attached hydrogens (tertiary/aromatic N) is 1. The molecule has 0 amide bonds. The number of aromatic nitrogens is 1. The molecule has 0 aliphatic rings. The SMILES string of the molecule is NNC(CCC(F)(F)F)c1cccnc1N. The highest BCUT2D eigenvalue weighted by molar-refractivity contribution is 5.40. The van der Waals surface area contributed by atoms with E-state index in [1.807, 2.05) is 0 Å². The van der Waals surface area contributed by atoms with Gasteiger partial charge in [-0.2, -0.15) is 13.2 Å². The lowest BCUT2D eigenvalue weighted by Crippen LogP contribution is -2.30. The molecule has 0 radical (unpaired) electrons. The van der Waals surface area contributed by atoms with Crippen molar-refractivity contribution in [2.75, 3.05) is 5.73 Å². The molecule has 0 aromatic carbocycles. The summed E-state index contributed by atoms with van der Waals surface area (Å²) >= 11 is 0. The molecule has 0 fully saturated rings. The van der Waals surface area contributed by atoms with Gasteiger partial charge in [0.2, 0.25) is 0 Å². The normalized spacial score (nSPS) is 13.8. The molecule has 1 unspecified atom stereocenters. The van der Waals surface area contributed by atoms with Crippen LogP contribution in [0.3, 0.4) is 0 Å². The largest absolute Gasteiger partial charge is 0.389 e. The molecular formula is C9H13F3N4. The number of nitrogen functional groups attached to an aromatic ring is 1. The van der Waals surface area contributed by atoms with Crippen molar-refractivity contribution in [2.24, 2.45) is 5.84 Å². The van der Waals surface area contributed by atoms with Crippen LogP contribution in [0.1, 0.15) is 24.4 Å². The number of rotatable bonds is 4. The molecule has 1 atom stereocenters. The maximum absolute atomic E-state index is 12.1. The lowest BCUT2D eigenvalue weighted by atomic mass is 10.0. The summed E-state index contributed by atoms with van der Waals surface area (Å²) in [7, 11) is 0. The van der Waals surface area contributed by atoms with Crippen LogP contribution in [0.2, 0.25) is 0 Å². The number of hydrogen-bond donors (Lipinski definition) is 3. The Morgan fingerprint density at radius 1 is 1.44 bits per heavy atom. The van der Waals surface area contributed by atoms with Crippen LogP contribution in [0, 0.1) is 0 Å². The second-order valence-corrected chi connectivity index (χ2v) is 3.35. The monoisotopic (exact) mass is 234 g/mol. The van der Waals surface area contributed by atoms with E-state index in [4.69, 9.17) is 11.6 Å². The molecule has 0 spiro atoms. The average molecular weight is 234 g/mol. The van der Waals surface area contributed by atoms with Crippen LogP contribution in [-0.4, -0.2) is 11.2 Å². The number of alkyl halides is 3. The van der Waals surface area contributed by atoms with Gasteiger partial charge in [0.1, 0.15) is 5.82 Å². The highest BCUT2D eigenvalue weighted by atomic mass is 19.4. The first-order valence-corrected chi connectivity index (χ1v) is 4.67. The molecule has 0 bridgehead atoms. The van der Waals surface area contributed by atoms with Crippen LogP contribution in [0.4, 0.5) is 19.0 Å². The minimum Gasteiger partial charge on any atom is -0.383 e. The Morgan fingerprint density at radius 3 is 2.62 bits per heavy atom. The second-order valence-electron chi connectivity index (χ2n) is 3.35. The van der Waals surface area contributed by atoms with Gasteiger partial charge < -0.3 is 5.73 Å². The minimum atomic E-state index is -4.20. The van der Waals surface area contributed by atoms with Gasteiger partial charge >= 0.3 is 6.18 Å². The Balaban J connectivity index is 2.72. The van der Waals surface area contributed by atoms with Gasteiger partial charge in [-0.05, 0) is 12.5 Å². The molecule has 7 heteroatoms. The number of hydrazine groups is 1. The summed E-state index contributed by atoms with van der Waals surface area (Å²) in [6.07, 6.45) is -3.83. The Morgan fingerprint density at radius 2 is 2.12 bits per heavy atom. The molecule has 1 aromatic heterocycles. The van der Waals surface area contributed by atoms with Crippen molar-refractivity contribution in [1.29, 1.82) is 0 Å². The molecule has 4 nitrogen and oxygen atoms in total. The topological polar surface area (TPSA) is 77.0 Å². The number of anilines is 1. The van der Waals surface area contributed by atoms with Crippen molar-refractivity contribution in [2.45, 2.75) is 25.1 Å². The fourth-order valence-corrected chi connectivity index (χ4v) is 1.36. The maximum Gasteiger partial charge on any atom is 0.389 e. The van der Waals surface area contributed by atoms with Crippen LogP contribution in [0.15, 0.2) is 18.3 Å². The predicted molar refractivity (Wildman–Crippen MR) is 54.0 cm³/mol. The molecule has 90 valence electrons. The van der Waals surface area contributed by atoms with Crippen LogP contribution < -0.4 is 17.0 Å². The molecule has 1 rings (SSSR count).